The van der Waals surface area contributed by atoms with E-state index in [-0.39, 0.29) is 0 Å². The Morgan fingerprint density at radius 1 is 0.971 bits per heavy atom. The number of nitrogens with zero attached hydrogens (tertiary/aromatic N) is 1. The van der Waals surface area contributed by atoms with Crippen LogP contribution in [0.25, 0.3) is 10.8 Å². The number of carbonyl (C=O) groups is 1. The highest BCUT2D eigenvalue weighted by Gasteiger charge is 2.12. The average molecular weight is 579 g/mol. The summed E-state index contributed by atoms with van der Waals surface area (Å²) in [6, 6.07) is 25.5. The number of hydrogen-bond donors (Lipinski definition) is 2. The number of fused-ring (bicyclic) bond motifs is 1. The smallest absolute Gasteiger partial charge is 0.339 e. The molecule has 6 nitrogen and oxygen atoms in total. The fraction of sp³-hybridized carbons (Fsp3) is 0.143. The van der Waals surface area contributed by atoms with Crippen molar-refractivity contribution < 1.29 is 14.3 Å². The molecule has 7 heteroatoms. The largest absolute Gasteiger partial charge is 0.490 e. The minimum atomic E-state index is -0.411. The number of amides is 2. The zero-order valence-corrected chi connectivity index (χ0v) is 21.7. The van der Waals surface area contributed by atoms with Gasteiger partial charge in [0.05, 0.1) is 16.4 Å². The summed E-state index contributed by atoms with van der Waals surface area (Å²) < 4.78 is 12.9. The van der Waals surface area contributed by atoms with Gasteiger partial charge in [-0.15, -0.1) is 0 Å². The number of carbonyl (C=O) groups excluding carboxylic acids is 1. The monoisotopic (exact) mass is 579 g/mol. The maximum atomic E-state index is 12.2. The van der Waals surface area contributed by atoms with E-state index in [0.717, 1.165) is 25.9 Å². The van der Waals surface area contributed by atoms with Crippen molar-refractivity contribution in [3.8, 4) is 11.5 Å². The van der Waals surface area contributed by atoms with Crippen LogP contribution in [0.1, 0.15) is 23.6 Å². The number of hydrazone groups is 1. The summed E-state index contributed by atoms with van der Waals surface area (Å²) in [7, 11) is 0. The highest BCUT2D eigenvalue weighted by molar-refractivity contribution is 14.1. The molecule has 2 N–H and O–H groups in total. The van der Waals surface area contributed by atoms with E-state index in [9.17, 15) is 4.79 Å². The maximum absolute atomic E-state index is 12.2. The van der Waals surface area contributed by atoms with Crippen molar-refractivity contribution >= 4 is 51.3 Å². The van der Waals surface area contributed by atoms with Gasteiger partial charge in [0.2, 0.25) is 0 Å². The first-order valence-electron chi connectivity index (χ1n) is 11.3. The molecule has 0 spiro atoms. The van der Waals surface area contributed by atoms with Crippen molar-refractivity contribution in [1.29, 1.82) is 0 Å². The predicted octanol–water partition coefficient (Wildman–Crippen LogP) is 6.89. The van der Waals surface area contributed by atoms with E-state index in [1.54, 1.807) is 6.21 Å². The predicted molar refractivity (Wildman–Crippen MR) is 150 cm³/mol. The molecule has 0 aliphatic carbocycles. The number of anilines is 1. The number of nitrogens with one attached hydrogen (secondary N) is 2. The molecule has 0 saturated heterocycles. The summed E-state index contributed by atoms with van der Waals surface area (Å²) in [5.41, 5.74) is 6.07. The Hall–Kier alpha value is -3.59. The van der Waals surface area contributed by atoms with Gasteiger partial charge in [-0.05, 0) is 88.2 Å². The third kappa shape index (κ3) is 6.51. The molecule has 0 fully saturated rings. The van der Waals surface area contributed by atoms with Crippen LogP contribution in [0.15, 0.2) is 84.0 Å². The highest BCUT2D eigenvalue weighted by Crippen LogP contribution is 2.34. The molecule has 0 atom stereocenters. The molecule has 0 saturated carbocycles. The van der Waals surface area contributed by atoms with Crippen LogP contribution >= 0.6 is 22.6 Å². The van der Waals surface area contributed by atoms with Crippen molar-refractivity contribution in [2.75, 3.05) is 11.9 Å². The van der Waals surface area contributed by atoms with Crippen molar-refractivity contribution in [1.82, 2.24) is 5.43 Å². The van der Waals surface area contributed by atoms with Gasteiger partial charge >= 0.3 is 6.03 Å². The zero-order valence-electron chi connectivity index (χ0n) is 19.5. The number of benzene rings is 4. The van der Waals surface area contributed by atoms with Gasteiger partial charge in [0.15, 0.2) is 11.5 Å². The number of ether oxygens (including phenoxy) is 2. The minimum absolute atomic E-state index is 0.411. The Morgan fingerprint density at radius 3 is 2.54 bits per heavy atom. The second-order valence-corrected chi connectivity index (χ2v) is 9.03. The molecule has 178 valence electrons. The topological polar surface area (TPSA) is 72.0 Å². The second-order valence-electron chi connectivity index (χ2n) is 7.87. The fourth-order valence-corrected chi connectivity index (χ4v) is 4.36. The molecule has 0 aromatic heterocycles. The van der Waals surface area contributed by atoms with Crippen LogP contribution in [0, 0.1) is 10.5 Å². The number of urea groups is 1. The summed E-state index contributed by atoms with van der Waals surface area (Å²) in [6.07, 6.45) is 1.58. The molecule has 0 heterocycles. The van der Waals surface area contributed by atoms with Crippen LogP contribution in [0.3, 0.4) is 0 Å². The number of hydrogen-bond acceptors (Lipinski definition) is 4. The van der Waals surface area contributed by atoms with Gasteiger partial charge in [0.25, 0.3) is 0 Å². The molecule has 0 unspecified atom stereocenters. The molecule has 0 radical (unpaired) electrons. The van der Waals surface area contributed by atoms with E-state index < -0.39 is 6.03 Å². The van der Waals surface area contributed by atoms with E-state index >= 15 is 0 Å². The molecule has 0 aliphatic rings. The van der Waals surface area contributed by atoms with Crippen molar-refractivity contribution in [2.24, 2.45) is 5.10 Å². The average Bonchev–Trinajstić information content (AvgIpc) is 2.85. The lowest BCUT2D eigenvalue weighted by Gasteiger charge is -2.15. The third-order valence-electron chi connectivity index (χ3n) is 5.30. The van der Waals surface area contributed by atoms with Gasteiger partial charge in [-0.3, -0.25) is 0 Å². The molecule has 2 amide bonds. The molecule has 35 heavy (non-hydrogen) atoms. The first-order valence-corrected chi connectivity index (χ1v) is 12.3. The van der Waals surface area contributed by atoms with Crippen molar-refractivity contribution in [3.05, 3.63) is 99.1 Å². The standard InChI is InChI=1S/C28H26IN3O3/c1-3-34-26-16-21(17-30-32-28(33)31-25-11-7-4-8-19(25)2)15-24(29)27(26)35-18-20-12-13-22-9-5-6-10-23(22)14-20/h4-17H,3,18H2,1-2H3,(H2,31,32,33). The van der Waals surface area contributed by atoms with E-state index in [4.69, 9.17) is 9.47 Å². The van der Waals surface area contributed by atoms with Crippen LogP contribution in [-0.2, 0) is 6.61 Å². The molecule has 4 aromatic rings. The Kier molecular flexibility index (Phi) is 8.20. The molecule has 0 aliphatic heterocycles. The van der Waals surface area contributed by atoms with Crippen LogP contribution < -0.4 is 20.2 Å². The van der Waals surface area contributed by atoms with Crippen LogP contribution in [0.4, 0.5) is 10.5 Å². The van der Waals surface area contributed by atoms with E-state index in [1.165, 1.54) is 10.8 Å². The van der Waals surface area contributed by atoms with Gasteiger partial charge in [0, 0.05) is 5.69 Å². The van der Waals surface area contributed by atoms with Gasteiger partial charge in [-0.2, -0.15) is 5.10 Å². The number of rotatable bonds is 8. The Balaban J connectivity index is 1.44. The molecule has 4 rings (SSSR count). The number of para-hydroxylation sites is 1. The SMILES string of the molecule is CCOc1cc(C=NNC(=O)Nc2ccccc2C)cc(I)c1OCc1ccc2ccccc2c1. The van der Waals surface area contributed by atoms with Crippen LogP contribution in [-0.4, -0.2) is 18.9 Å². The van der Waals surface area contributed by atoms with Crippen LogP contribution in [0.5, 0.6) is 11.5 Å². The quantitative estimate of drug-likeness (QED) is 0.136. The summed E-state index contributed by atoms with van der Waals surface area (Å²) in [5, 5.41) is 9.24. The minimum Gasteiger partial charge on any atom is -0.490 e. The van der Waals surface area contributed by atoms with Crippen LogP contribution in [0.2, 0.25) is 0 Å². The van der Waals surface area contributed by atoms with Crippen molar-refractivity contribution in [3.63, 3.8) is 0 Å². The Bertz CT molecular complexity index is 1370. The van der Waals surface area contributed by atoms with E-state index in [1.807, 2.05) is 62.4 Å². The summed E-state index contributed by atoms with van der Waals surface area (Å²) in [4.78, 5) is 12.2. The lowest BCUT2D eigenvalue weighted by Crippen LogP contribution is -2.24. The van der Waals surface area contributed by atoms with E-state index in [2.05, 4.69) is 68.8 Å². The number of halogens is 1. The molecule has 4 aromatic carbocycles. The van der Waals surface area contributed by atoms with Gasteiger partial charge in [-0.1, -0.05) is 54.6 Å². The molecular formula is C28H26IN3O3. The molecule has 0 bridgehead atoms. The fourth-order valence-electron chi connectivity index (χ4n) is 3.58. The van der Waals surface area contributed by atoms with Gasteiger partial charge in [-0.25, -0.2) is 10.2 Å². The Morgan fingerprint density at radius 2 is 1.74 bits per heavy atom. The summed E-state index contributed by atoms with van der Waals surface area (Å²) in [5.74, 6) is 1.31. The lowest BCUT2D eigenvalue weighted by molar-refractivity contribution is 0.252. The van der Waals surface area contributed by atoms with Gasteiger partial charge < -0.3 is 14.8 Å². The van der Waals surface area contributed by atoms with Gasteiger partial charge in [0.1, 0.15) is 6.61 Å². The second kappa shape index (κ2) is 11.7. The number of aryl methyl sites for hydroxylation is 1. The summed E-state index contributed by atoms with van der Waals surface area (Å²) >= 11 is 2.23. The lowest BCUT2D eigenvalue weighted by atomic mass is 10.1. The third-order valence-corrected chi connectivity index (χ3v) is 6.10. The summed E-state index contributed by atoms with van der Waals surface area (Å²) in [6.45, 7) is 4.78. The van der Waals surface area contributed by atoms with Crippen molar-refractivity contribution in [2.45, 2.75) is 20.5 Å². The first kappa shape index (κ1) is 24.5. The Labute approximate surface area is 218 Å². The zero-order chi connectivity index (χ0) is 24.6. The normalized spacial score (nSPS) is 10.9. The molecular weight excluding hydrogens is 553 g/mol. The first-order chi connectivity index (χ1) is 17.0. The highest BCUT2D eigenvalue weighted by atomic mass is 127. The van der Waals surface area contributed by atoms with E-state index in [0.29, 0.717) is 24.7 Å². The maximum Gasteiger partial charge on any atom is 0.339 e.